The van der Waals surface area contributed by atoms with Gasteiger partial charge < -0.3 is 15.7 Å². The van der Waals surface area contributed by atoms with E-state index in [1.807, 2.05) is 0 Å². The Morgan fingerprint density at radius 2 is 1.31 bits per heavy atom. The van der Waals surface area contributed by atoms with Crippen LogP contribution in [-0.2, 0) is 0 Å². The third kappa shape index (κ3) is 12.4. The van der Waals surface area contributed by atoms with Crippen molar-refractivity contribution < 1.29 is 9.94 Å². The van der Waals surface area contributed by atoms with E-state index in [0.29, 0.717) is 17.9 Å². The molecule has 3 N–H and O–H groups in total. The Morgan fingerprint density at radius 3 is 1.76 bits per heavy atom. The predicted molar refractivity (Wildman–Crippen MR) is 120 cm³/mol. The maximum absolute atomic E-state index is 9.83. The second-order valence-electron chi connectivity index (χ2n) is 8.01. The van der Waals surface area contributed by atoms with Crippen LogP contribution in [0.3, 0.4) is 0 Å². The summed E-state index contributed by atoms with van der Waals surface area (Å²) in [6.45, 7) is 2.95. The molecule has 1 heterocycles. The van der Waals surface area contributed by atoms with Crippen molar-refractivity contribution in [1.29, 1.82) is 0 Å². The highest BCUT2D eigenvalue weighted by molar-refractivity contribution is 5.21. The smallest absolute Gasteiger partial charge is 0.239 e. The summed E-state index contributed by atoms with van der Waals surface area (Å²) in [5.41, 5.74) is 6.01. The van der Waals surface area contributed by atoms with Gasteiger partial charge in [0.05, 0.1) is 7.11 Å². The standard InChI is InChI=1S/C23H44N4O2/c1-3-4-5-6-7-8-9-10-11-12-13-14-15-16-17-18-19-25-21-20-22(29-2)26-23(24)27(21)28/h20,28H,3-19H2,1-2H3,(H2,24,26). The van der Waals surface area contributed by atoms with Crippen molar-refractivity contribution in [2.75, 3.05) is 19.4 Å². The van der Waals surface area contributed by atoms with E-state index >= 15 is 0 Å². The minimum atomic E-state index is -0.0185. The Labute approximate surface area is 177 Å². The quantitative estimate of drug-likeness (QED) is 0.235. The third-order valence-electron chi connectivity index (χ3n) is 5.41. The number of anilines is 1. The van der Waals surface area contributed by atoms with Crippen LogP contribution in [0.1, 0.15) is 110 Å². The number of nitrogens with zero attached hydrogens (tertiary/aromatic N) is 3. The van der Waals surface area contributed by atoms with Crippen molar-refractivity contribution in [3.8, 4) is 5.88 Å². The number of aromatic nitrogens is 2. The van der Waals surface area contributed by atoms with E-state index in [0.717, 1.165) is 11.2 Å². The summed E-state index contributed by atoms with van der Waals surface area (Å²) in [6.07, 6.45) is 21.6. The molecule has 1 aromatic heterocycles. The maximum Gasteiger partial charge on any atom is 0.239 e. The van der Waals surface area contributed by atoms with Crippen LogP contribution >= 0.6 is 0 Å². The fourth-order valence-corrected chi connectivity index (χ4v) is 3.55. The second-order valence-corrected chi connectivity index (χ2v) is 8.01. The number of ether oxygens (including phenoxy) is 1. The summed E-state index contributed by atoms with van der Waals surface area (Å²) >= 11 is 0. The Kier molecular flexibility index (Phi) is 15.0. The lowest BCUT2D eigenvalue weighted by Gasteiger charge is -2.05. The zero-order valence-electron chi connectivity index (χ0n) is 18.9. The maximum atomic E-state index is 9.83. The molecule has 0 aliphatic heterocycles. The first-order valence-corrected chi connectivity index (χ1v) is 11.8. The molecule has 6 heteroatoms. The molecule has 1 aromatic rings. The molecule has 0 fully saturated rings. The van der Waals surface area contributed by atoms with E-state index in [-0.39, 0.29) is 5.95 Å². The number of rotatable bonds is 18. The molecule has 0 bridgehead atoms. The van der Waals surface area contributed by atoms with Gasteiger partial charge in [0.15, 0.2) is 5.49 Å². The molecule has 0 aliphatic carbocycles. The van der Waals surface area contributed by atoms with E-state index in [9.17, 15) is 5.21 Å². The van der Waals surface area contributed by atoms with Gasteiger partial charge in [0.1, 0.15) is 0 Å². The van der Waals surface area contributed by atoms with Crippen molar-refractivity contribution in [2.24, 2.45) is 4.99 Å². The van der Waals surface area contributed by atoms with E-state index in [1.54, 1.807) is 6.07 Å². The van der Waals surface area contributed by atoms with Gasteiger partial charge >= 0.3 is 0 Å². The van der Waals surface area contributed by atoms with Crippen LogP contribution < -0.4 is 16.0 Å². The normalized spacial score (nSPS) is 11.9. The first-order chi connectivity index (χ1) is 14.2. The van der Waals surface area contributed by atoms with Gasteiger partial charge in [0.25, 0.3) is 0 Å². The van der Waals surface area contributed by atoms with Crippen molar-refractivity contribution in [3.63, 3.8) is 0 Å². The Morgan fingerprint density at radius 1 is 0.862 bits per heavy atom. The van der Waals surface area contributed by atoms with Crippen LogP contribution in [0.2, 0.25) is 0 Å². The van der Waals surface area contributed by atoms with E-state index in [4.69, 9.17) is 10.5 Å². The Balaban J connectivity index is 1.94. The van der Waals surface area contributed by atoms with Crippen LogP contribution in [0, 0.1) is 0 Å². The molecule has 0 saturated carbocycles. The van der Waals surface area contributed by atoms with Gasteiger partial charge in [-0.25, -0.2) is 0 Å². The predicted octanol–water partition coefficient (Wildman–Crippen LogP) is 5.87. The van der Waals surface area contributed by atoms with Crippen LogP contribution in [0.4, 0.5) is 5.95 Å². The van der Waals surface area contributed by atoms with E-state index < -0.39 is 0 Å². The highest BCUT2D eigenvalue weighted by Gasteiger charge is 2.02. The molecular weight excluding hydrogens is 364 g/mol. The summed E-state index contributed by atoms with van der Waals surface area (Å²) in [5, 5.41) is 9.83. The van der Waals surface area contributed by atoms with Crippen LogP contribution in [-0.4, -0.2) is 28.6 Å². The zero-order chi connectivity index (χ0) is 21.2. The Bertz CT molecular complexity index is 587. The summed E-state index contributed by atoms with van der Waals surface area (Å²) in [6, 6.07) is 1.59. The van der Waals surface area contributed by atoms with Crippen molar-refractivity contribution in [2.45, 2.75) is 110 Å². The van der Waals surface area contributed by atoms with Crippen molar-refractivity contribution in [1.82, 2.24) is 9.71 Å². The summed E-state index contributed by atoms with van der Waals surface area (Å²) in [7, 11) is 1.52. The van der Waals surface area contributed by atoms with Crippen LogP contribution in [0.5, 0.6) is 5.88 Å². The Hall–Kier alpha value is -1.72. The first-order valence-electron chi connectivity index (χ1n) is 11.8. The average Bonchev–Trinajstić information content (AvgIpc) is 2.73. The summed E-state index contributed by atoms with van der Waals surface area (Å²) in [5.74, 6) is 0.341. The van der Waals surface area contributed by atoms with Gasteiger partial charge in [0.2, 0.25) is 11.8 Å². The minimum absolute atomic E-state index is 0.0185. The molecule has 0 spiro atoms. The molecular formula is C23H44N4O2. The average molecular weight is 409 g/mol. The molecule has 0 amide bonds. The lowest BCUT2D eigenvalue weighted by atomic mass is 10.0. The molecule has 168 valence electrons. The van der Waals surface area contributed by atoms with Crippen LogP contribution in [0.25, 0.3) is 0 Å². The van der Waals surface area contributed by atoms with Crippen molar-refractivity contribution in [3.05, 3.63) is 11.6 Å². The molecule has 0 radical (unpaired) electrons. The molecule has 0 atom stereocenters. The molecule has 0 aromatic carbocycles. The van der Waals surface area contributed by atoms with Gasteiger partial charge in [-0.3, -0.25) is 4.99 Å². The number of methoxy groups -OCH3 is 1. The lowest BCUT2D eigenvalue weighted by Crippen LogP contribution is -2.23. The summed E-state index contributed by atoms with van der Waals surface area (Å²) in [4.78, 5) is 8.28. The van der Waals surface area contributed by atoms with Gasteiger partial charge in [0, 0.05) is 12.6 Å². The number of nitrogen functional groups attached to an aromatic ring is 1. The number of unbranched alkanes of at least 4 members (excludes halogenated alkanes) is 15. The second kappa shape index (κ2) is 17.2. The largest absolute Gasteiger partial charge is 0.481 e. The van der Waals surface area contributed by atoms with Crippen molar-refractivity contribution >= 4 is 5.95 Å². The summed E-state index contributed by atoms with van der Waals surface area (Å²) < 4.78 is 5.85. The lowest BCUT2D eigenvalue weighted by molar-refractivity contribution is 0.173. The molecule has 0 saturated heterocycles. The SMILES string of the molecule is CCCCCCCCCCCCCCCCCCN=c1cc(OC)nc(N)n1O. The minimum Gasteiger partial charge on any atom is -0.481 e. The zero-order valence-corrected chi connectivity index (χ0v) is 18.9. The molecule has 6 nitrogen and oxygen atoms in total. The first kappa shape index (κ1) is 25.3. The highest BCUT2D eigenvalue weighted by Crippen LogP contribution is 2.13. The number of nitrogens with two attached hydrogens (primary N) is 1. The third-order valence-corrected chi connectivity index (χ3v) is 5.41. The van der Waals surface area contributed by atoms with Gasteiger partial charge in [-0.15, -0.1) is 4.73 Å². The van der Waals surface area contributed by atoms with Gasteiger partial charge in [-0.05, 0) is 6.42 Å². The fourth-order valence-electron chi connectivity index (χ4n) is 3.55. The number of hydrogen-bond donors (Lipinski definition) is 2. The fraction of sp³-hybridized carbons (Fsp3) is 0.826. The van der Waals surface area contributed by atoms with E-state index in [2.05, 4.69) is 16.9 Å². The monoisotopic (exact) mass is 408 g/mol. The van der Waals surface area contributed by atoms with Gasteiger partial charge in [-0.1, -0.05) is 103 Å². The molecule has 0 unspecified atom stereocenters. The topological polar surface area (TPSA) is 85.7 Å². The van der Waals surface area contributed by atoms with E-state index in [1.165, 1.54) is 103 Å². The molecule has 0 aliphatic rings. The van der Waals surface area contributed by atoms with Crippen LogP contribution in [0.15, 0.2) is 11.1 Å². The number of hydrogen-bond acceptors (Lipinski definition) is 5. The molecule has 29 heavy (non-hydrogen) atoms. The molecule has 1 rings (SSSR count). The highest BCUT2D eigenvalue weighted by atomic mass is 16.5. The van der Waals surface area contributed by atoms with Gasteiger partial charge in [-0.2, -0.15) is 4.98 Å².